The molecule has 2 rings (SSSR count). The van der Waals surface area contributed by atoms with E-state index in [1.54, 1.807) is 0 Å². The number of anilines is 1. The molecule has 0 radical (unpaired) electrons. The number of nitrogens with one attached hydrogen (secondary N) is 2. The maximum atomic E-state index is 11.7. The summed E-state index contributed by atoms with van der Waals surface area (Å²) in [6.07, 6.45) is 1.60. The lowest BCUT2D eigenvalue weighted by molar-refractivity contribution is -0.139. The van der Waals surface area contributed by atoms with Crippen LogP contribution in [0.25, 0.3) is 10.2 Å². The van der Waals surface area contributed by atoms with Crippen molar-refractivity contribution in [3.05, 3.63) is 36.9 Å². The van der Waals surface area contributed by atoms with Gasteiger partial charge in [0.25, 0.3) is 0 Å². The molecule has 20 heavy (non-hydrogen) atoms. The molecule has 2 aromatic rings. The number of carbonyl (C=O) groups is 2. The zero-order valence-corrected chi connectivity index (χ0v) is 11.3. The fourth-order valence-corrected chi connectivity index (χ4v) is 2.47. The number of amides is 2. The molecule has 1 atom stereocenters. The first-order valence-corrected chi connectivity index (χ1v) is 6.68. The van der Waals surface area contributed by atoms with Crippen molar-refractivity contribution >= 4 is 38.7 Å². The number of thiazole rings is 1. The molecule has 0 saturated carbocycles. The molecule has 1 heterocycles. The van der Waals surface area contributed by atoms with Gasteiger partial charge in [0.2, 0.25) is 0 Å². The molecule has 1 aromatic carbocycles. The Morgan fingerprint density at radius 3 is 2.85 bits per heavy atom. The molecule has 6 nitrogen and oxygen atoms in total. The highest BCUT2D eigenvalue weighted by molar-refractivity contribution is 7.22. The second kappa shape index (κ2) is 6.16. The summed E-state index contributed by atoms with van der Waals surface area (Å²) in [5, 5.41) is 14.2. The van der Waals surface area contributed by atoms with Gasteiger partial charge in [-0.1, -0.05) is 29.5 Å². The number of aliphatic carboxylic acids is 1. The maximum absolute atomic E-state index is 11.7. The normalized spacial score (nSPS) is 11.8. The number of carboxylic acid groups (broad SMARTS) is 1. The maximum Gasteiger partial charge on any atom is 0.326 e. The predicted molar refractivity (Wildman–Crippen MR) is 78.0 cm³/mol. The van der Waals surface area contributed by atoms with Crippen LogP contribution in [0.1, 0.15) is 6.42 Å². The lowest BCUT2D eigenvalue weighted by Crippen LogP contribution is -2.42. The van der Waals surface area contributed by atoms with Crippen LogP contribution in [-0.4, -0.2) is 28.1 Å². The van der Waals surface area contributed by atoms with Crippen molar-refractivity contribution in [2.24, 2.45) is 0 Å². The number of rotatable bonds is 5. The summed E-state index contributed by atoms with van der Waals surface area (Å²) in [5.41, 5.74) is 0.786. The minimum Gasteiger partial charge on any atom is -0.480 e. The van der Waals surface area contributed by atoms with E-state index >= 15 is 0 Å². The van der Waals surface area contributed by atoms with E-state index in [-0.39, 0.29) is 6.42 Å². The Morgan fingerprint density at radius 2 is 2.20 bits per heavy atom. The number of nitrogens with zero attached hydrogens (tertiary/aromatic N) is 1. The number of hydrogen-bond acceptors (Lipinski definition) is 4. The van der Waals surface area contributed by atoms with Gasteiger partial charge in [0.05, 0.1) is 10.2 Å². The summed E-state index contributed by atoms with van der Waals surface area (Å²) in [6, 6.07) is 5.88. The molecule has 0 spiro atoms. The fraction of sp³-hybridized carbons (Fsp3) is 0.154. The summed E-state index contributed by atoms with van der Waals surface area (Å²) < 4.78 is 0.948. The van der Waals surface area contributed by atoms with Gasteiger partial charge >= 0.3 is 12.0 Å². The molecule has 2 amide bonds. The van der Waals surface area contributed by atoms with Crippen LogP contribution in [0.5, 0.6) is 0 Å². The summed E-state index contributed by atoms with van der Waals surface area (Å²) >= 11 is 1.32. The minimum atomic E-state index is -1.11. The van der Waals surface area contributed by atoms with E-state index in [0.717, 1.165) is 10.2 Å². The Hall–Kier alpha value is -2.41. The summed E-state index contributed by atoms with van der Waals surface area (Å²) in [7, 11) is 0. The van der Waals surface area contributed by atoms with Crippen molar-refractivity contribution in [1.82, 2.24) is 10.3 Å². The highest BCUT2D eigenvalue weighted by Gasteiger charge is 2.18. The number of urea groups is 1. The molecular formula is C13H13N3O3S. The van der Waals surface area contributed by atoms with Crippen molar-refractivity contribution in [3.8, 4) is 0 Å². The highest BCUT2D eigenvalue weighted by Crippen LogP contribution is 2.25. The first-order valence-electron chi connectivity index (χ1n) is 5.87. The van der Waals surface area contributed by atoms with Crippen LogP contribution in [0.2, 0.25) is 0 Å². The Bertz CT molecular complexity index is 620. The lowest BCUT2D eigenvalue weighted by atomic mass is 10.2. The van der Waals surface area contributed by atoms with Crippen LogP contribution in [0.4, 0.5) is 9.93 Å². The zero-order chi connectivity index (χ0) is 14.5. The van der Waals surface area contributed by atoms with Gasteiger partial charge in [-0.25, -0.2) is 14.6 Å². The number of aromatic nitrogens is 1. The van der Waals surface area contributed by atoms with Crippen molar-refractivity contribution in [3.63, 3.8) is 0 Å². The van der Waals surface area contributed by atoms with Crippen molar-refractivity contribution < 1.29 is 14.7 Å². The minimum absolute atomic E-state index is 0.155. The number of carbonyl (C=O) groups excluding carboxylic acids is 1. The SMILES string of the molecule is C=CCC(NC(=O)Nc1nc2ccccc2s1)C(=O)O. The first kappa shape index (κ1) is 14.0. The quantitative estimate of drug-likeness (QED) is 0.738. The largest absolute Gasteiger partial charge is 0.480 e. The molecule has 3 N–H and O–H groups in total. The van der Waals surface area contributed by atoms with Crippen LogP contribution in [-0.2, 0) is 4.79 Å². The predicted octanol–water partition coefficient (Wildman–Crippen LogP) is 2.45. The molecule has 1 unspecified atom stereocenters. The molecule has 104 valence electrons. The zero-order valence-electron chi connectivity index (χ0n) is 10.5. The Kier molecular flexibility index (Phi) is 4.31. The van der Waals surface area contributed by atoms with E-state index in [1.165, 1.54) is 17.4 Å². The van der Waals surface area contributed by atoms with Crippen LogP contribution in [0.15, 0.2) is 36.9 Å². The van der Waals surface area contributed by atoms with Crippen LogP contribution < -0.4 is 10.6 Å². The highest BCUT2D eigenvalue weighted by atomic mass is 32.1. The Balaban J connectivity index is 2.03. The van der Waals surface area contributed by atoms with Gasteiger partial charge in [-0.3, -0.25) is 5.32 Å². The number of carboxylic acids is 1. The topological polar surface area (TPSA) is 91.3 Å². The second-order valence-corrected chi connectivity index (χ2v) is 5.03. The monoisotopic (exact) mass is 291 g/mol. The smallest absolute Gasteiger partial charge is 0.326 e. The van der Waals surface area contributed by atoms with Crippen LogP contribution >= 0.6 is 11.3 Å². The van der Waals surface area contributed by atoms with E-state index in [1.807, 2.05) is 24.3 Å². The van der Waals surface area contributed by atoms with E-state index in [2.05, 4.69) is 22.2 Å². The van der Waals surface area contributed by atoms with E-state index < -0.39 is 18.0 Å². The average molecular weight is 291 g/mol. The van der Waals surface area contributed by atoms with Crippen molar-refractivity contribution in [2.45, 2.75) is 12.5 Å². The molecule has 7 heteroatoms. The third-order valence-electron chi connectivity index (χ3n) is 2.52. The van der Waals surface area contributed by atoms with Gasteiger partial charge in [-0.15, -0.1) is 6.58 Å². The number of fused-ring (bicyclic) bond motifs is 1. The number of benzene rings is 1. The molecule has 0 fully saturated rings. The number of hydrogen-bond donors (Lipinski definition) is 3. The second-order valence-electron chi connectivity index (χ2n) is 4.00. The van der Waals surface area contributed by atoms with Gasteiger partial charge in [0, 0.05) is 0 Å². The Morgan fingerprint density at radius 1 is 1.45 bits per heavy atom. The van der Waals surface area contributed by atoms with Crippen molar-refractivity contribution in [2.75, 3.05) is 5.32 Å². The third kappa shape index (κ3) is 3.33. The van der Waals surface area contributed by atoms with Gasteiger partial charge < -0.3 is 10.4 Å². The first-order chi connectivity index (χ1) is 9.60. The molecule has 0 aliphatic carbocycles. The molecule has 1 aromatic heterocycles. The summed E-state index contributed by atoms with van der Waals surface area (Å²) in [4.78, 5) is 26.9. The molecular weight excluding hydrogens is 278 g/mol. The number of para-hydroxylation sites is 1. The molecule has 0 bridgehead atoms. The summed E-state index contributed by atoms with van der Waals surface area (Å²) in [5.74, 6) is -1.11. The third-order valence-corrected chi connectivity index (χ3v) is 3.47. The van der Waals surface area contributed by atoms with E-state index in [4.69, 9.17) is 5.11 Å². The van der Waals surface area contributed by atoms with Gasteiger partial charge in [0.1, 0.15) is 6.04 Å². The standard InChI is InChI=1S/C13H13N3O3S/c1-2-5-9(11(17)18)14-12(19)16-13-15-8-6-3-4-7-10(8)20-13/h2-4,6-7,9H,1,5H2,(H,17,18)(H2,14,15,16,19). The Labute approximate surface area is 119 Å². The van der Waals surface area contributed by atoms with Crippen molar-refractivity contribution in [1.29, 1.82) is 0 Å². The van der Waals surface area contributed by atoms with Gasteiger partial charge in [-0.2, -0.15) is 0 Å². The van der Waals surface area contributed by atoms with E-state index in [0.29, 0.717) is 5.13 Å². The molecule has 0 aliphatic heterocycles. The average Bonchev–Trinajstić information content (AvgIpc) is 2.79. The molecule has 0 saturated heterocycles. The van der Waals surface area contributed by atoms with Crippen LogP contribution in [0.3, 0.4) is 0 Å². The summed E-state index contributed by atoms with van der Waals surface area (Å²) in [6.45, 7) is 3.46. The lowest BCUT2D eigenvalue weighted by Gasteiger charge is -2.12. The molecule has 0 aliphatic rings. The van der Waals surface area contributed by atoms with Crippen LogP contribution in [0, 0.1) is 0 Å². The van der Waals surface area contributed by atoms with Gasteiger partial charge in [0.15, 0.2) is 5.13 Å². The van der Waals surface area contributed by atoms with Gasteiger partial charge in [-0.05, 0) is 18.6 Å². The van der Waals surface area contributed by atoms with E-state index in [9.17, 15) is 9.59 Å². The fourth-order valence-electron chi connectivity index (χ4n) is 1.61.